The number of aryl methyl sites for hydroxylation is 1. The minimum Gasteiger partial charge on any atom is -0.465 e. The lowest BCUT2D eigenvalue weighted by atomic mass is 10.2. The molecule has 158 valence electrons. The molecule has 2 fully saturated rings. The summed E-state index contributed by atoms with van der Waals surface area (Å²) in [7, 11) is 0. The fourth-order valence-electron chi connectivity index (χ4n) is 4.17. The summed E-state index contributed by atoms with van der Waals surface area (Å²) in [5.41, 5.74) is 1.63. The molecule has 0 radical (unpaired) electrons. The van der Waals surface area contributed by atoms with Crippen LogP contribution in [0.15, 0.2) is 24.5 Å². The van der Waals surface area contributed by atoms with Crippen LogP contribution in [0.3, 0.4) is 0 Å². The highest BCUT2D eigenvalue weighted by Gasteiger charge is 2.43. The predicted octanol–water partition coefficient (Wildman–Crippen LogP) is 2.43. The van der Waals surface area contributed by atoms with Gasteiger partial charge in [-0.05, 0) is 44.4 Å². The third kappa shape index (κ3) is 3.85. The summed E-state index contributed by atoms with van der Waals surface area (Å²) < 4.78 is 5.00. The van der Waals surface area contributed by atoms with E-state index in [0.717, 1.165) is 18.7 Å². The Morgan fingerprint density at radius 3 is 2.63 bits per heavy atom. The lowest BCUT2D eigenvalue weighted by Gasteiger charge is -2.40. The number of nitrogens with one attached hydrogen (secondary N) is 1. The van der Waals surface area contributed by atoms with Gasteiger partial charge < -0.3 is 20.1 Å². The van der Waals surface area contributed by atoms with Gasteiger partial charge in [0.05, 0.1) is 30.6 Å². The fourth-order valence-corrected chi connectivity index (χ4v) is 4.17. The minimum atomic E-state index is -0.846. The lowest BCUT2D eigenvalue weighted by molar-refractivity contribution is 0.0518. The molecule has 2 aromatic heterocycles. The van der Waals surface area contributed by atoms with Crippen LogP contribution in [0.5, 0.6) is 0 Å². The van der Waals surface area contributed by atoms with Gasteiger partial charge >= 0.3 is 12.1 Å². The number of pyridine rings is 1. The van der Waals surface area contributed by atoms with E-state index in [9.17, 15) is 14.7 Å². The van der Waals surface area contributed by atoms with Gasteiger partial charge in [0, 0.05) is 19.3 Å². The highest BCUT2D eigenvalue weighted by Crippen LogP contribution is 2.32. The molecule has 4 heterocycles. The summed E-state index contributed by atoms with van der Waals surface area (Å²) in [4.78, 5) is 40.1. The number of ether oxygens (including phenoxy) is 1. The number of anilines is 3. The van der Waals surface area contributed by atoms with Crippen LogP contribution in [0.2, 0.25) is 0 Å². The van der Waals surface area contributed by atoms with Crippen LogP contribution in [-0.2, 0) is 4.74 Å². The maximum Gasteiger partial charge on any atom is 0.407 e. The molecule has 10 heteroatoms. The molecule has 10 nitrogen and oxygen atoms in total. The standard InChI is InChI=1S/C20H24N6O4/c1-3-30-18(27)17-12(2)8-13(9-22-17)23-19-21-7-6-16(24-19)25-10-14-4-5-15(11-25)26(14)20(28)29/h6-9,14-15H,3-5,10-11H2,1-2H3,(H,28,29)(H,21,23,24)/t14-,15+. The number of carbonyl (C=O) groups excluding carboxylic acids is 1. The van der Waals surface area contributed by atoms with Gasteiger partial charge in [0.15, 0.2) is 5.69 Å². The lowest BCUT2D eigenvalue weighted by Crippen LogP contribution is -2.55. The zero-order valence-electron chi connectivity index (χ0n) is 16.9. The number of esters is 1. The van der Waals surface area contributed by atoms with Crippen molar-refractivity contribution in [2.45, 2.75) is 38.8 Å². The van der Waals surface area contributed by atoms with Crippen LogP contribution in [0, 0.1) is 6.92 Å². The fraction of sp³-hybridized carbons (Fsp3) is 0.450. The van der Waals surface area contributed by atoms with Gasteiger partial charge in [-0.3, -0.25) is 4.90 Å². The number of carboxylic acid groups (broad SMARTS) is 1. The van der Waals surface area contributed by atoms with Crippen molar-refractivity contribution in [2.75, 3.05) is 29.9 Å². The molecular formula is C20H24N6O4. The van der Waals surface area contributed by atoms with Crippen LogP contribution in [0.25, 0.3) is 0 Å². The van der Waals surface area contributed by atoms with Crippen LogP contribution in [-0.4, -0.2) is 68.8 Å². The van der Waals surface area contributed by atoms with Crippen molar-refractivity contribution >= 4 is 29.5 Å². The maximum absolute atomic E-state index is 11.9. The number of nitrogens with zero attached hydrogens (tertiary/aromatic N) is 5. The largest absolute Gasteiger partial charge is 0.465 e. The van der Waals surface area contributed by atoms with Crippen LogP contribution >= 0.6 is 0 Å². The number of aromatic nitrogens is 3. The number of piperazine rings is 1. The third-order valence-electron chi connectivity index (χ3n) is 5.47. The summed E-state index contributed by atoms with van der Waals surface area (Å²) in [5.74, 6) is 0.711. The first kappa shape index (κ1) is 19.9. The molecule has 0 spiro atoms. The van der Waals surface area contributed by atoms with E-state index in [2.05, 4.69) is 25.2 Å². The Bertz CT molecular complexity index is 954. The number of amides is 1. The van der Waals surface area contributed by atoms with Gasteiger partial charge in [0.25, 0.3) is 0 Å². The highest BCUT2D eigenvalue weighted by molar-refractivity contribution is 5.89. The second-order valence-corrected chi connectivity index (χ2v) is 7.45. The van der Waals surface area contributed by atoms with E-state index in [-0.39, 0.29) is 17.8 Å². The van der Waals surface area contributed by atoms with Crippen molar-refractivity contribution in [1.82, 2.24) is 19.9 Å². The van der Waals surface area contributed by atoms with E-state index in [4.69, 9.17) is 4.74 Å². The molecule has 2 saturated heterocycles. The van der Waals surface area contributed by atoms with E-state index >= 15 is 0 Å². The first-order chi connectivity index (χ1) is 14.5. The molecule has 0 unspecified atom stereocenters. The normalized spacial score (nSPS) is 20.2. The molecule has 2 N–H and O–H groups in total. The number of carbonyl (C=O) groups is 2. The predicted molar refractivity (Wildman–Crippen MR) is 109 cm³/mol. The number of fused-ring (bicyclic) bond motifs is 2. The molecule has 4 rings (SSSR count). The summed E-state index contributed by atoms with van der Waals surface area (Å²) in [6.45, 7) is 5.07. The molecule has 1 amide bonds. The summed E-state index contributed by atoms with van der Waals surface area (Å²) in [5, 5.41) is 12.5. The second kappa shape index (κ2) is 8.13. The average molecular weight is 412 g/mol. The van der Waals surface area contributed by atoms with Gasteiger partial charge in [0.2, 0.25) is 5.95 Å². The smallest absolute Gasteiger partial charge is 0.407 e. The van der Waals surface area contributed by atoms with Crippen LogP contribution in [0.4, 0.5) is 22.2 Å². The average Bonchev–Trinajstić information content (AvgIpc) is 2.99. The van der Waals surface area contributed by atoms with Gasteiger partial charge in [-0.15, -0.1) is 0 Å². The number of hydrogen-bond acceptors (Lipinski definition) is 8. The van der Waals surface area contributed by atoms with Crippen molar-refractivity contribution < 1.29 is 19.4 Å². The van der Waals surface area contributed by atoms with E-state index in [1.807, 2.05) is 6.07 Å². The number of hydrogen-bond donors (Lipinski definition) is 2. The summed E-state index contributed by atoms with van der Waals surface area (Å²) in [6.07, 6.45) is 4.12. The molecule has 2 aromatic rings. The SMILES string of the molecule is CCOC(=O)c1ncc(Nc2nccc(N3C[C@H]4CC[C@@H](C3)N4C(=O)O)n2)cc1C. The Hall–Kier alpha value is -3.43. The number of rotatable bonds is 5. The maximum atomic E-state index is 11.9. The quantitative estimate of drug-likeness (QED) is 0.713. The Morgan fingerprint density at radius 2 is 2.00 bits per heavy atom. The monoisotopic (exact) mass is 412 g/mol. The van der Waals surface area contributed by atoms with Crippen molar-refractivity contribution in [3.05, 3.63) is 35.8 Å². The third-order valence-corrected chi connectivity index (χ3v) is 5.47. The molecule has 30 heavy (non-hydrogen) atoms. The molecule has 0 saturated carbocycles. The molecule has 0 aliphatic carbocycles. The van der Waals surface area contributed by atoms with Gasteiger partial charge in [-0.1, -0.05) is 0 Å². The van der Waals surface area contributed by atoms with E-state index in [1.54, 1.807) is 37.2 Å². The van der Waals surface area contributed by atoms with Crippen molar-refractivity contribution in [2.24, 2.45) is 0 Å². The van der Waals surface area contributed by atoms with Crippen molar-refractivity contribution in [3.63, 3.8) is 0 Å². The molecule has 0 aromatic carbocycles. The summed E-state index contributed by atoms with van der Waals surface area (Å²) >= 11 is 0. The highest BCUT2D eigenvalue weighted by atomic mass is 16.5. The van der Waals surface area contributed by atoms with E-state index in [1.165, 1.54) is 0 Å². The first-order valence-corrected chi connectivity index (χ1v) is 9.96. The van der Waals surface area contributed by atoms with Gasteiger partial charge in [-0.2, -0.15) is 4.98 Å². The van der Waals surface area contributed by atoms with Crippen molar-refractivity contribution in [3.8, 4) is 0 Å². The molecule has 2 bridgehead atoms. The Balaban J connectivity index is 1.48. The zero-order valence-corrected chi connectivity index (χ0v) is 16.9. The minimum absolute atomic E-state index is 0.00473. The molecule has 2 atom stereocenters. The molecular weight excluding hydrogens is 388 g/mol. The van der Waals surface area contributed by atoms with E-state index < -0.39 is 12.1 Å². The molecule has 2 aliphatic heterocycles. The van der Waals surface area contributed by atoms with Crippen LogP contribution < -0.4 is 10.2 Å². The Kier molecular flexibility index (Phi) is 5.39. The van der Waals surface area contributed by atoms with Gasteiger partial charge in [-0.25, -0.2) is 19.6 Å². The van der Waals surface area contributed by atoms with Gasteiger partial charge in [0.1, 0.15) is 5.82 Å². The Labute approximate surface area is 173 Å². The van der Waals surface area contributed by atoms with E-state index in [0.29, 0.717) is 36.9 Å². The Morgan fingerprint density at radius 1 is 1.27 bits per heavy atom. The molecule has 2 aliphatic rings. The summed E-state index contributed by atoms with van der Waals surface area (Å²) in [6, 6.07) is 3.61. The second-order valence-electron chi connectivity index (χ2n) is 7.45. The van der Waals surface area contributed by atoms with Crippen molar-refractivity contribution in [1.29, 1.82) is 0 Å². The zero-order chi connectivity index (χ0) is 21.3. The topological polar surface area (TPSA) is 121 Å². The first-order valence-electron chi connectivity index (χ1n) is 9.96. The van der Waals surface area contributed by atoms with Crippen LogP contribution in [0.1, 0.15) is 35.8 Å².